The van der Waals surface area contributed by atoms with E-state index in [-0.39, 0.29) is 5.56 Å². The summed E-state index contributed by atoms with van der Waals surface area (Å²) >= 11 is 0. The molecule has 0 spiro atoms. The highest BCUT2D eigenvalue weighted by molar-refractivity contribution is 5.82. The van der Waals surface area contributed by atoms with Crippen LogP contribution in [0.2, 0.25) is 0 Å². The van der Waals surface area contributed by atoms with Gasteiger partial charge in [-0.15, -0.1) is 0 Å². The van der Waals surface area contributed by atoms with Crippen molar-refractivity contribution in [3.05, 3.63) is 101 Å². The number of aromatic nitrogens is 2. The third kappa shape index (κ3) is 3.38. The summed E-state index contributed by atoms with van der Waals surface area (Å²) in [5.41, 5.74) is 5.17. The van der Waals surface area contributed by atoms with Crippen LogP contribution in [0.4, 0.5) is 5.69 Å². The molecule has 0 saturated carbocycles. The molecule has 0 aliphatic rings. The van der Waals surface area contributed by atoms with Gasteiger partial charge in [0.25, 0.3) is 5.56 Å². The first kappa shape index (κ1) is 17.3. The molecule has 0 fully saturated rings. The first-order chi connectivity index (χ1) is 14.2. The molecular formula is C24H19N3O2. The predicted molar refractivity (Wildman–Crippen MR) is 115 cm³/mol. The minimum atomic E-state index is -0.0734. The van der Waals surface area contributed by atoms with Gasteiger partial charge in [0.2, 0.25) is 0 Å². The zero-order valence-electron chi connectivity index (χ0n) is 15.9. The van der Waals surface area contributed by atoms with Gasteiger partial charge in [0.1, 0.15) is 17.0 Å². The summed E-state index contributed by atoms with van der Waals surface area (Å²) in [5, 5.41) is 4.42. The molecule has 0 unspecified atom stereocenters. The molecule has 3 aromatic heterocycles. The van der Waals surface area contributed by atoms with E-state index in [1.165, 1.54) is 0 Å². The lowest BCUT2D eigenvalue weighted by Gasteiger charge is -2.08. The van der Waals surface area contributed by atoms with Crippen LogP contribution in [-0.2, 0) is 6.54 Å². The van der Waals surface area contributed by atoms with E-state index in [4.69, 9.17) is 4.42 Å². The maximum atomic E-state index is 12.3. The van der Waals surface area contributed by atoms with Crippen LogP contribution in [-0.4, -0.2) is 9.38 Å². The standard InChI is InChI=1S/C24H19N3O2/c1-16-6-11-23-26-20(13-24(28)27(23)15-16)14-25-19-9-7-17(8-10-19)22-12-18-4-2-3-5-21(18)29-22/h2-13,15,25H,14H2,1H3. The Hall–Kier alpha value is -3.86. The van der Waals surface area contributed by atoms with Crippen molar-refractivity contribution in [2.45, 2.75) is 13.5 Å². The van der Waals surface area contributed by atoms with Crippen LogP contribution in [0.25, 0.3) is 27.9 Å². The quantitative estimate of drug-likeness (QED) is 0.474. The van der Waals surface area contributed by atoms with Crippen LogP contribution >= 0.6 is 0 Å². The van der Waals surface area contributed by atoms with Gasteiger partial charge in [-0.3, -0.25) is 9.20 Å². The Morgan fingerprint density at radius 1 is 1.00 bits per heavy atom. The smallest absolute Gasteiger partial charge is 0.258 e. The maximum Gasteiger partial charge on any atom is 0.258 e. The Morgan fingerprint density at radius 3 is 2.66 bits per heavy atom. The molecule has 0 aliphatic carbocycles. The highest BCUT2D eigenvalue weighted by Gasteiger charge is 2.06. The average Bonchev–Trinajstić information content (AvgIpc) is 3.17. The minimum absolute atomic E-state index is 0.0734. The van der Waals surface area contributed by atoms with E-state index >= 15 is 0 Å². The SMILES string of the molecule is Cc1ccc2nc(CNc3ccc(-c4cc5ccccc5o4)cc3)cc(=O)n2c1. The molecule has 0 bridgehead atoms. The van der Waals surface area contributed by atoms with Gasteiger partial charge in [-0.05, 0) is 55.0 Å². The highest BCUT2D eigenvalue weighted by atomic mass is 16.3. The Labute approximate surface area is 167 Å². The lowest BCUT2D eigenvalue weighted by Crippen LogP contribution is -2.17. The molecule has 0 atom stereocenters. The molecule has 0 radical (unpaired) electrons. The second-order valence-corrected chi connectivity index (χ2v) is 7.10. The van der Waals surface area contributed by atoms with Crippen LogP contribution in [0.1, 0.15) is 11.3 Å². The fourth-order valence-corrected chi connectivity index (χ4v) is 3.42. The van der Waals surface area contributed by atoms with E-state index in [2.05, 4.69) is 10.3 Å². The number of benzene rings is 2. The first-order valence-electron chi connectivity index (χ1n) is 9.47. The minimum Gasteiger partial charge on any atom is -0.456 e. The van der Waals surface area contributed by atoms with E-state index in [1.54, 1.807) is 16.7 Å². The van der Waals surface area contributed by atoms with E-state index in [9.17, 15) is 4.79 Å². The van der Waals surface area contributed by atoms with Crippen molar-refractivity contribution in [1.82, 2.24) is 9.38 Å². The summed E-state index contributed by atoms with van der Waals surface area (Å²) in [4.78, 5) is 16.9. The second kappa shape index (κ2) is 6.95. The summed E-state index contributed by atoms with van der Waals surface area (Å²) in [6, 6.07) is 23.5. The largest absolute Gasteiger partial charge is 0.456 e. The molecule has 5 rings (SSSR count). The highest BCUT2D eigenvalue weighted by Crippen LogP contribution is 2.28. The molecule has 0 saturated heterocycles. The normalized spacial score (nSPS) is 11.2. The van der Waals surface area contributed by atoms with Crippen molar-refractivity contribution in [2.75, 3.05) is 5.32 Å². The van der Waals surface area contributed by atoms with Crippen molar-refractivity contribution in [3.63, 3.8) is 0 Å². The van der Waals surface area contributed by atoms with Crippen molar-refractivity contribution < 1.29 is 4.42 Å². The number of fused-ring (bicyclic) bond motifs is 2. The molecule has 1 N–H and O–H groups in total. The molecule has 5 nitrogen and oxygen atoms in total. The van der Waals surface area contributed by atoms with Gasteiger partial charge in [0.15, 0.2) is 0 Å². The molecule has 142 valence electrons. The number of furan rings is 1. The summed E-state index contributed by atoms with van der Waals surface area (Å²) < 4.78 is 7.49. The Balaban J connectivity index is 1.34. The van der Waals surface area contributed by atoms with Gasteiger partial charge in [-0.2, -0.15) is 0 Å². The lowest BCUT2D eigenvalue weighted by molar-refractivity contribution is 0.631. The van der Waals surface area contributed by atoms with Gasteiger partial charge >= 0.3 is 0 Å². The summed E-state index contributed by atoms with van der Waals surface area (Å²) in [6.45, 7) is 2.43. The Morgan fingerprint density at radius 2 is 1.83 bits per heavy atom. The second-order valence-electron chi connectivity index (χ2n) is 7.10. The van der Waals surface area contributed by atoms with Crippen molar-refractivity contribution in [1.29, 1.82) is 0 Å². The first-order valence-corrected chi connectivity index (χ1v) is 9.47. The Bertz CT molecular complexity index is 1350. The molecule has 29 heavy (non-hydrogen) atoms. The van der Waals surface area contributed by atoms with Crippen LogP contribution in [0.5, 0.6) is 0 Å². The van der Waals surface area contributed by atoms with Crippen LogP contribution < -0.4 is 10.9 Å². The zero-order valence-corrected chi connectivity index (χ0v) is 15.9. The van der Waals surface area contributed by atoms with E-state index in [0.717, 1.165) is 33.5 Å². The fraction of sp³-hybridized carbons (Fsp3) is 0.0833. The van der Waals surface area contributed by atoms with Crippen LogP contribution in [0.3, 0.4) is 0 Å². The topological polar surface area (TPSA) is 59.5 Å². The van der Waals surface area contributed by atoms with Crippen molar-refractivity contribution >= 4 is 22.3 Å². The van der Waals surface area contributed by atoms with Gasteiger partial charge in [-0.25, -0.2) is 4.98 Å². The van der Waals surface area contributed by atoms with Crippen molar-refractivity contribution in [2.24, 2.45) is 0 Å². The van der Waals surface area contributed by atoms with Gasteiger partial charge in [0.05, 0.1) is 12.2 Å². The van der Waals surface area contributed by atoms with Crippen molar-refractivity contribution in [3.8, 4) is 11.3 Å². The maximum absolute atomic E-state index is 12.3. The lowest BCUT2D eigenvalue weighted by atomic mass is 10.1. The number of para-hydroxylation sites is 1. The van der Waals surface area contributed by atoms with E-state index in [0.29, 0.717) is 17.9 Å². The van der Waals surface area contributed by atoms with Gasteiger partial charge in [-0.1, -0.05) is 24.3 Å². The molecule has 0 aliphatic heterocycles. The summed E-state index contributed by atoms with van der Waals surface area (Å²) in [7, 11) is 0. The zero-order chi connectivity index (χ0) is 19.8. The molecule has 3 heterocycles. The number of pyridine rings is 1. The monoisotopic (exact) mass is 381 g/mol. The third-order valence-corrected chi connectivity index (χ3v) is 4.93. The molecule has 5 aromatic rings. The predicted octanol–water partition coefficient (Wildman–Crippen LogP) is 5.03. The van der Waals surface area contributed by atoms with Gasteiger partial charge < -0.3 is 9.73 Å². The number of rotatable bonds is 4. The number of hydrogen-bond donors (Lipinski definition) is 1. The number of hydrogen-bond acceptors (Lipinski definition) is 4. The third-order valence-electron chi connectivity index (χ3n) is 4.93. The number of anilines is 1. The summed E-state index contributed by atoms with van der Waals surface area (Å²) in [5.74, 6) is 0.845. The Kier molecular flexibility index (Phi) is 4.13. The van der Waals surface area contributed by atoms with Crippen LogP contribution in [0.15, 0.2) is 88.2 Å². The molecule has 0 amide bonds. The molecule has 2 aromatic carbocycles. The average molecular weight is 381 g/mol. The van der Waals surface area contributed by atoms with E-state index in [1.807, 2.05) is 73.7 Å². The van der Waals surface area contributed by atoms with Gasteiger partial charge in [0, 0.05) is 28.9 Å². The van der Waals surface area contributed by atoms with E-state index < -0.39 is 0 Å². The summed E-state index contributed by atoms with van der Waals surface area (Å²) in [6.07, 6.45) is 1.80. The number of nitrogens with one attached hydrogen (secondary N) is 1. The van der Waals surface area contributed by atoms with Crippen LogP contribution in [0, 0.1) is 6.92 Å². The molecule has 5 heteroatoms. The number of nitrogens with zero attached hydrogens (tertiary/aromatic N) is 2. The molecular weight excluding hydrogens is 362 g/mol. The fourth-order valence-electron chi connectivity index (χ4n) is 3.42. The number of aryl methyl sites for hydroxylation is 1.